The molecule has 2 saturated heterocycles. The molecule has 108 valence electrons. The Kier molecular flexibility index (Phi) is 3.48. The molecule has 0 aromatic rings. The quantitative estimate of drug-likeness (QED) is 0.761. The third kappa shape index (κ3) is 2.60. The van der Waals surface area contributed by atoms with E-state index in [0.717, 1.165) is 13.1 Å². The van der Waals surface area contributed by atoms with Crippen LogP contribution in [0.3, 0.4) is 0 Å². The second kappa shape index (κ2) is 4.86. The van der Waals surface area contributed by atoms with Crippen molar-refractivity contribution in [3.05, 3.63) is 11.5 Å². The lowest BCUT2D eigenvalue weighted by molar-refractivity contribution is 0.0175. The highest BCUT2D eigenvalue weighted by Crippen LogP contribution is 2.30. The van der Waals surface area contributed by atoms with Gasteiger partial charge in [0.2, 0.25) is 0 Å². The fraction of sp³-hybridized carbons (Fsp3) is 0.857. The minimum atomic E-state index is -2.95. The van der Waals surface area contributed by atoms with Crippen LogP contribution in [0.15, 0.2) is 11.5 Å². The van der Waals surface area contributed by atoms with Gasteiger partial charge in [-0.1, -0.05) is 19.9 Å². The van der Waals surface area contributed by atoms with E-state index in [1.165, 1.54) is 24.8 Å². The smallest absolute Gasteiger partial charge is 0.173 e. The number of piperazine rings is 1. The highest BCUT2D eigenvalue weighted by molar-refractivity contribution is 7.94. The molecule has 0 aromatic carbocycles. The Morgan fingerprint density at radius 3 is 2.68 bits per heavy atom. The zero-order valence-corrected chi connectivity index (χ0v) is 12.6. The standard InChI is InChI=1S/C14H24N2O2S/c1-11(2)14-9-15-6-3-4-12(15)8-16(14)13-5-7-19(17,18)10-13/h5,7,11-14H,3-4,6,8-10H2,1-2H3. The molecule has 19 heavy (non-hydrogen) atoms. The Hall–Kier alpha value is -0.390. The molecule has 0 N–H and O–H groups in total. The van der Waals surface area contributed by atoms with Crippen molar-refractivity contribution in [1.29, 1.82) is 0 Å². The fourth-order valence-electron chi connectivity index (χ4n) is 3.81. The highest BCUT2D eigenvalue weighted by atomic mass is 32.2. The third-order valence-corrected chi connectivity index (χ3v) is 6.25. The molecule has 0 spiro atoms. The predicted octanol–water partition coefficient (Wildman–Crippen LogP) is 1.10. The van der Waals surface area contributed by atoms with Crippen LogP contribution in [0.5, 0.6) is 0 Å². The lowest BCUT2D eigenvalue weighted by atomic mass is 9.95. The zero-order valence-electron chi connectivity index (χ0n) is 11.8. The van der Waals surface area contributed by atoms with E-state index in [0.29, 0.717) is 18.0 Å². The van der Waals surface area contributed by atoms with E-state index < -0.39 is 9.84 Å². The van der Waals surface area contributed by atoms with Gasteiger partial charge in [0, 0.05) is 36.6 Å². The van der Waals surface area contributed by atoms with Crippen molar-refractivity contribution in [2.45, 2.75) is 44.8 Å². The molecule has 5 heteroatoms. The van der Waals surface area contributed by atoms with Crippen LogP contribution in [0.1, 0.15) is 26.7 Å². The van der Waals surface area contributed by atoms with Crippen LogP contribution in [0.2, 0.25) is 0 Å². The number of fused-ring (bicyclic) bond motifs is 1. The van der Waals surface area contributed by atoms with Gasteiger partial charge in [0.05, 0.1) is 5.75 Å². The summed E-state index contributed by atoms with van der Waals surface area (Å²) in [5, 5.41) is 1.41. The maximum atomic E-state index is 11.7. The molecule has 3 aliphatic heterocycles. The van der Waals surface area contributed by atoms with Crippen molar-refractivity contribution in [1.82, 2.24) is 9.80 Å². The van der Waals surface area contributed by atoms with Crippen LogP contribution in [-0.4, -0.2) is 61.7 Å². The molecule has 2 fully saturated rings. The van der Waals surface area contributed by atoms with Crippen LogP contribution in [-0.2, 0) is 9.84 Å². The number of hydrogen-bond acceptors (Lipinski definition) is 4. The van der Waals surface area contributed by atoms with Crippen molar-refractivity contribution in [2.24, 2.45) is 5.92 Å². The summed E-state index contributed by atoms with van der Waals surface area (Å²) >= 11 is 0. The van der Waals surface area contributed by atoms with E-state index in [4.69, 9.17) is 0 Å². The normalized spacial score (nSPS) is 39.0. The Labute approximate surface area is 116 Å². The first-order valence-corrected chi connectivity index (χ1v) is 9.08. The molecule has 3 unspecified atom stereocenters. The maximum absolute atomic E-state index is 11.7. The summed E-state index contributed by atoms with van der Waals surface area (Å²) in [5.74, 6) is 0.849. The van der Waals surface area contributed by atoms with E-state index in [-0.39, 0.29) is 11.8 Å². The lowest BCUT2D eigenvalue weighted by Gasteiger charge is -2.47. The second-order valence-electron chi connectivity index (χ2n) is 6.52. The van der Waals surface area contributed by atoms with Gasteiger partial charge in [-0.25, -0.2) is 8.42 Å². The minimum Gasteiger partial charge on any atom is -0.298 e. The molecule has 0 saturated carbocycles. The molecule has 0 aromatic heterocycles. The molecule has 3 heterocycles. The summed E-state index contributed by atoms with van der Waals surface area (Å²) in [4.78, 5) is 5.06. The van der Waals surface area contributed by atoms with E-state index in [1.54, 1.807) is 0 Å². The zero-order chi connectivity index (χ0) is 13.6. The van der Waals surface area contributed by atoms with Crippen LogP contribution in [0, 0.1) is 5.92 Å². The van der Waals surface area contributed by atoms with E-state index >= 15 is 0 Å². The Bertz CT molecular complexity index is 472. The van der Waals surface area contributed by atoms with Gasteiger partial charge < -0.3 is 0 Å². The monoisotopic (exact) mass is 284 g/mol. The molecule has 3 aliphatic rings. The summed E-state index contributed by atoms with van der Waals surface area (Å²) in [6.45, 7) is 7.86. The van der Waals surface area contributed by atoms with E-state index in [9.17, 15) is 8.42 Å². The molecule has 0 amide bonds. The van der Waals surface area contributed by atoms with Gasteiger partial charge in [-0.05, 0) is 25.3 Å². The Morgan fingerprint density at radius 1 is 1.26 bits per heavy atom. The molecule has 4 nitrogen and oxygen atoms in total. The summed E-state index contributed by atoms with van der Waals surface area (Å²) in [5.41, 5.74) is 0. The summed E-state index contributed by atoms with van der Waals surface area (Å²) in [6.07, 6.45) is 4.46. The van der Waals surface area contributed by atoms with E-state index in [2.05, 4.69) is 23.6 Å². The molecule has 0 aliphatic carbocycles. The first kappa shape index (κ1) is 13.6. The maximum Gasteiger partial charge on any atom is 0.173 e. The van der Waals surface area contributed by atoms with Crippen LogP contribution < -0.4 is 0 Å². The van der Waals surface area contributed by atoms with Crippen LogP contribution in [0.4, 0.5) is 0 Å². The largest absolute Gasteiger partial charge is 0.298 e. The highest BCUT2D eigenvalue weighted by Gasteiger charge is 2.41. The predicted molar refractivity (Wildman–Crippen MR) is 76.6 cm³/mol. The van der Waals surface area contributed by atoms with Crippen molar-refractivity contribution in [3.63, 3.8) is 0 Å². The fourth-order valence-corrected chi connectivity index (χ4v) is 5.12. The van der Waals surface area contributed by atoms with E-state index in [1.807, 2.05) is 6.08 Å². The van der Waals surface area contributed by atoms with Crippen molar-refractivity contribution in [3.8, 4) is 0 Å². The van der Waals surface area contributed by atoms with Gasteiger partial charge >= 0.3 is 0 Å². The van der Waals surface area contributed by atoms with Crippen LogP contribution in [0.25, 0.3) is 0 Å². The average molecular weight is 284 g/mol. The first-order valence-electron chi connectivity index (χ1n) is 7.37. The van der Waals surface area contributed by atoms with Gasteiger partial charge in [-0.3, -0.25) is 9.80 Å². The number of rotatable bonds is 2. The van der Waals surface area contributed by atoms with Gasteiger partial charge in [0.15, 0.2) is 9.84 Å². The lowest BCUT2D eigenvalue weighted by Crippen LogP contribution is -2.60. The van der Waals surface area contributed by atoms with Gasteiger partial charge in [-0.2, -0.15) is 0 Å². The molecule has 3 rings (SSSR count). The van der Waals surface area contributed by atoms with Gasteiger partial charge in [0.25, 0.3) is 0 Å². The first-order chi connectivity index (χ1) is 8.96. The van der Waals surface area contributed by atoms with Crippen molar-refractivity contribution in [2.75, 3.05) is 25.4 Å². The molecule has 0 radical (unpaired) electrons. The summed E-state index contributed by atoms with van der Waals surface area (Å²) in [6, 6.07) is 1.23. The topological polar surface area (TPSA) is 40.6 Å². The van der Waals surface area contributed by atoms with Crippen molar-refractivity contribution >= 4 is 9.84 Å². The number of nitrogens with zero attached hydrogens (tertiary/aromatic N) is 2. The summed E-state index contributed by atoms with van der Waals surface area (Å²) in [7, 11) is -2.95. The Morgan fingerprint density at radius 2 is 2.05 bits per heavy atom. The summed E-state index contributed by atoms with van der Waals surface area (Å²) < 4.78 is 23.3. The third-order valence-electron chi connectivity index (χ3n) is 4.87. The molecular weight excluding hydrogens is 260 g/mol. The van der Waals surface area contributed by atoms with Crippen LogP contribution >= 0.6 is 0 Å². The number of hydrogen-bond donors (Lipinski definition) is 0. The SMILES string of the molecule is CC(C)C1CN2CCCC2CN1C1C=CS(=O)(=O)C1. The molecule has 3 atom stereocenters. The average Bonchev–Trinajstić information content (AvgIpc) is 2.92. The van der Waals surface area contributed by atoms with Gasteiger partial charge in [0.1, 0.15) is 0 Å². The minimum absolute atomic E-state index is 0.0974. The van der Waals surface area contributed by atoms with Gasteiger partial charge in [-0.15, -0.1) is 0 Å². The Balaban J connectivity index is 1.79. The van der Waals surface area contributed by atoms with Crippen molar-refractivity contribution < 1.29 is 8.42 Å². The second-order valence-corrected chi connectivity index (χ2v) is 8.46. The number of sulfone groups is 1. The molecular formula is C14H24N2O2S. The molecule has 0 bridgehead atoms.